The molecule has 0 fully saturated rings. The highest BCUT2D eigenvalue weighted by Gasteiger charge is 2.18. The third-order valence-corrected chi connectivity index (χ3v) is 3.09. The number of hydrogen-bond acceptors (Lipinski definition) is 4. The van der Waals surface area contributed by atoms with Gasteiger partial charge in [-0.05, 0) is 18.2 Å². The van der Waals surface area contributed by atoms with Gasteiger partial charge < -0.3 is 5.32 Å². The van der Waals surface area contributed by atoms with Crippen molar-refractivity contribution in [3.8, 4) is 0 Å². The molecular weight excluding hydrogens is 324 g/mol. The molecule has 2 aromatic rings. The zero-order chi connectivity index (χ0) is 15.6. The van der Waals surface area contributed by atoms with Gasteiger partial charge in [0.1, 0.15) is 17.2 Å². The van der Waals surface area contributed by atoms with Crippen LogP contribution in [0.2, 0.25) is 10.2 Å². The van der Waals surface area contributed by atoms with Crippen molar-refractivity contribution in [3.63, 3.8) is 0 Å². The number of hydrogen-bond donors (Lipinski definition) is 1. The van der Waals surface area contributed by atoms with Crippen LogP contribution in [0.4, 0.5) is 15.8 Å². The van der Waals surface area contributed by atoms with E-state index < -0.39 is 22.3 Å². The van der Waals surface area contributed by atoms with Gasteiger partial charge in [0.05, 0.1) is 21.2 Å². The summed E-state index contributed by atoms with van der Waals surface area (Å²) in [4.78, 5) is 25.5. The summed E-state index contributed by atoms with van der Waals surface area (Å²) in [5.41, 5.74) is -0.592. The number of nitrogens with one attached hydrogen (secondary N) is 1. The molecule has 108 valence electrons. The molecule has 0 aliphatic carbocycles. The first-order chi connectivity index (χ1) is 9.88. The average Bonchev–Trinajstić information content (AvgIpc) is 2.43. The lowest BCUT2D eigenvalue weighted by atomic mass is 10.2. The predicted molar refractivity (Wildman–Crippen MR) is 75.3 cm³/mol. The molecule has 0 bridgehead atoms. The Balaban J connectivity index is 2.34. The van der Waals surface area contributed by atoms with Gasteiger partial charge in [-0.25, -0.2) is 9.37 Å². The van der Waals surface area contributed by atoms with Gasteiger partial charge in [-0.15, -0.1) is 0 Å². The van der Waals surface area contributed by atoms with Crippen molar-refractivity contribution in [1.82, 2.24) is 4.98 Å². The van der Waals surface area contributed by atoms with Gasteiger partial charge in [0.25, 0.3) is 11.6 Å². The molecule has 21 heavy (non-hydrogen) atoms. The van der Waals surface area contributed by atoms with Crippen LogP contribution >= 0.6 is 23.2 Å². The summed E-state index contributed by atoms with van der Waals surface area (Å²) >= 11 is 11.5. The van der Waals surface area contributed by atoms with Crippen LogP contribution in [0.5, 0.6) is 0 Å². The number of anilines is 1. The van der Waals surface area contributed by atoms with E-state index in [4.69, 9.17) is 23.2 Å². The quantitative estimate of drug-likeness (QED) is 0.528. The first kappa shape index (κ1) is 15.1. The molecule has 9 heteroatoms. The highest BCUT2D eigenvalue weighted by Crippen LogP contribution is 2.25. The normalized spacial score (nSPS) is 10.2. The number of rotatable bonds is 3. The van der Waals surface area contributed by atoms with Gasteiger partial charge >= 0.3 is 0 Å². The molecule has 1 N–H and O–H groups in total. The number of aromatic nitrogens is 1. The van der Waals surface area contributed by atoms with E-state index in [9.17, 15) is 19.3 Å². The predicted octanol–water partition coefficient (Wildman–Crippen LogP) is 3.69. The van der Waals surface area contributed by atoms with Crippen molar-refractivity contribution >= 4 is 40.5 Å². The van der Waals surface area contributed by atoms with Gasteiger partial charge in [-0.3, -0.25) is 14.9 Å². The van der Waals surface area contributed by atoms with Crippen molar-refractivity contribution in [1.29, 1.82) is 0 Å². The number of amides is 1. The number of nitro groups is 1. The second-order valence-corrected chi connectivity index (χ2v) is 4.63. The maximum Gasteiger partial charge on any atom is 0.288 e. The number of nitrogens with zero attached hydrogens (tertiary/aromatic N) is 2. The molecule has 0 atom stereocenters. The summed E-state index contributed by atoms with van der Waals surface area (Å²) in [6.45, 7) is 0. The fourth-order valence-corrected chi connectivity index (χ4v) is 1.83. The molecule has 6 nitrogen and oxygen atoms in total. The summed E-state index contributed by atoms with van der Waals surface area (Å²) in [6, 6.07) is 4.37. The Bertz CT molecular complexity index is 740. The van der Waals surface area contributed by atoms with Crippen molar-refractivity contribution in [3.05, 3.63) is 62.1 Å². The summed E-state index contributed by atoms with van der Waals surface area (Å²) in [6.07, 6.45) is 0.925. The monoisotopic (exact) mass is 329 g/mol. The lowest BCUT2D eigenvalue weighted by Crippen LogP contribution is -2.14. The van der Waals surface area contributed by atoms with Crippen LogP contribution in [-0.4, -0.2) is 15.8 Å². The molecule has 1 aromatic carbocycles. The maximum absolute atomic E-state index is 13.1. The zero-order valence-corrected chi connectivity index (χ0v) is 11.7. The van der Waals surface area contributed by atoms with Crippen LogP contribution in [0.1, 0.15) is 10.4 Å². The summed E-state index contributed by atoms with van der Waals surface area (Å²) in [5.74, 6) is -1.39. The lowest BCUT2D eigenvalue weighted by Gasteiger charge is -2.08. The van der Waals surface area contributed by atoms with Crippen molar-refractivity contribution in [2.24, 2.45) is 0 Å². The average molecular weight is 330 g/mol. The largest absolute Gasteiger partial charge is 0.320 e. The smallest absolute Gasteiger partial charge is 0.288 e. The van der Waals surface area contributed by atoms with Crippen LogP contribution in [-0.2, 0) is 0 Å². The van der Waals surface area contributed by atoms with Crippen LogP contribution in [0.15, 0.2) is 30.5 Å². The molecule has 1 aromatic heterocycles. The third kappa shape index (κ3) is 3.45. The SMILES string of the molecule is O=C(Nc1cc(F)ccc1Cl)c1cc([N+](=O)[O-])cnc1Cl. The molecule has 0 aliphatic heterocycles. The van der Waals surface area contributed by atoms with E-state index in [0.717, 1.165) is 24.4 Å². The highest BCUT2D eigenvalue weighted by molar-refractivity contribution is 6.35. The molecule has 0 saturated heterocycles. The Labute approximate surface area is 127 Å². The van der Waals surface area contributed by atoms with Gasteiger partial charge in [0.2, 0.25) is 0 Å². The Morgan fingerprint density at radius 3 is 2.71 bits per heavy atom. The number of carbonyl (C=O) groups is 1. The zero-order valence-electron chi connectivity index (χ0n) is 10.1. The fourth-order valence-electron chi connectivity index (χ4n) is 1.48. The van der Waals surface area contributed by atoms with Gasteiger partial charge in [0.15, 0.2) is 0 Å². The van der Waals surface area contributed by atoms with Crippen LogP contribution < -0.4 is 5.32 Å². The van der Waals surface area contributed by atoms with Crippen LogP contribution in [0.25, 0.3) is 0 Å². The Morgan fingerprint density at radius 1 is 1.33 bits per heavy atom. The van der Waals surface area contributed by atoms with Gasteiger partial charge in [-0.2, -0.15) is 0 Å². The Hall–Kier alpha value is -2.25. The lowest BCUT2D eigenvalue weighted by molar-refractivity contribution is -0.385. The van der Waals surface area contributed by atoms with E-state index in [0.29, 0.717) is 0 Å². The van der Waals surface area contributed by atoms with E-state index >= 15 is 0 Å². The molecule has 0 aliphatic rings. The van der Waals surface area contributed by atoms with E-state index in [-0.39, 0.29) is 21.4 Å². The van der Waals surface area contributed by atoms with E-state index in [1.165, 1.54) is 6.07 Å². The highest BCUT2D eigenvalue weighted by atomic mass is 35.5. The molecule has 0 radical (unpaired) electrons. The Kier molecular flexibility index (Phi) is 4.35. The third-order valence-electron chi connectivity index (χ3n) is 2.46. The van der Waals surface area contributed by atoms with Gasteiger partial charge in [0, 0.05) is 6.07 Å². The fraction of sp³-hybridized carbons (Fsp3) is 0. The first-order valence-electron chi connectivity index (χ1n) is 5.45. The van der Waals surface area contributed by atoms with Crippen LogP contribution in [0.3, 0.4) is 0 Å². The summed E-state index contributed by atoms with van der Waals surface area (Å²) < 4.78 is 13.1. The first-order valence-corrected chi connectivity index (χ1v) is 6.20. The standard InChI is InChI=1S/C12H6Cl2FN3O3/c13-9-2-1-6(15)3-10(9)17-12(19)8-4-7(18(20)21)5-16-11(8)14/h1-5H,(H,17,19). The minimum absolute atomic E-state index is 0.0178. The number of pyridine rings is 1. The van der Waals surface area contributed by atoms with Crippen molar-refractivity contribution < 1.29 is 14.1 Å². The van der Waals surface area contributed by atoms with E-state index in [1.54, 1.807) is 0 Å². The minimum Gasteiger partial charge on any atom is -0.320 e. The number of benzene rings is 1. The summed E-state index contributed by atoms with van der Waals surface area (Å²) in [5, 5.41) is 12.9. The maximum atomic E-state index is 13.1. The molecule has 2 rings (SSSR count). The van der Waals surface area contributed by atoms with E-state index in [2.05, 4.69) is 10.3 Å². The molecule has 1 heterocycles. The topological polar surface area (TPSA) is 85.1 Å². The Morgan fingerprint density at radius 2 is 2.05 bits per heavy atom. The molecule has 1 amide bonds. The van der Waals surface area contributed by atoms with Crippen molar-refractivity contribution in [2.45, 2.75) is 0 Å². The van der Waals surface area contributed by atoms with E-state index in [1.807, 2.05) is 0 Å². The number of halogens is 3. The summed E-state index contributed by atoms with van der Waals surface area (Å²) in [7, 11) is 0. The molecule has 0 saturated carbocycles. The molecular formula is C12H6Cl2FN3O3. The molecule has 0 unspecified atom stereocenters. The minimum atomic E-state index is -0.788. The number of carbonyl (C=O) groups excluding carboxylic acids is 1. The van der Waals surface area contributed by atoms with Crippen molar-refractivity contribution in [2.75, 3.05) is 5.32 Å². The second-order valence-electron chi connectivity index (χ2n) is 3.87. The molecule has 0 spiro atoms. The van der Waals surface area contributed by atoms with Crippen LogP contribution in [0, 0.1) is 15.9 Å². The van der Waals surface area contributed by atoms with Gasteiger partial charge in [-0.1, -0.05) is 23.2 Å². The second kappa shape index (κ2) is 6.02.